The van der Waals surface area contributed by atoms with E-state index in [9.17, 15) is 0 Å². The molecule has 1 aromatic heterocycles. The molecule has 0 aliphatic carbocycles. The zero-order chi connectivity index (χ0) is 13.2. The van der Waals surface area contributed by atoms with Gasteiger partial charge in [-0.05, 0) is 11.6 Å². The second-order valence-electron chi connectivity index (χ2n) is 4.16. The average Bonchev–Trinajstić information content (AvgIpc) is 2.85. The molecule has 0 radical (unpaired) electrons. The Balaban J connectivity index is 2.21. The first kappa shape index (κ1) is 11.9. The van der Waals surface area contributed by atoms with Gasteiger partial charge in [-0.2, -0.15) is 0 Å². The summed E-state index contributed by atoms with van der Waals surface area (Å²) in [5.74, 6) is 1.61. The third-order valence-electron chi connectivity index (χ3n) is 2.96. The van der Waals surface area contributed by atoms with Gasteiger partial charge in [0.2, 0.25) is 5.88 Å². The molecule has 0 saturated heterocycles. The zero-order valence-corrected chi connectivity index (χ0v) is 10.5. The van der Waals surface area contributed by atoms with E-state index < -0.39 is 0 Å². The molecule has 0 fully saturated rings. The number of nitrogens with zero attached hydrogens (tertiary/aromatic N) is 1. The van der Waals surface area contributed by atoms with Crippen LogP contribution >= 0.6 is 0 Å². The third kappa shape index (κ3) is 2.00. The maximum atomic E-state index is 5.80. The lowest BCUT2D eigenvalue weighted by molar-refractivity contribution is 0.168. The van der Waals surface area contributed by atoms with E-state index in [1.165, 1.54) is 0 Å². The van der Waals surface area contributed by atoms with Crippen LogP contribution in [0.4, 0.5) is 5.88 Å². The number of anilines is 1. The predicted octanol–water partition coefficient (Wildman–Crippen LogP) is 1.84. The number of rotatable bonds is 3. The van der Waals surface area contributed by atoms with Gasteiger partial charge in [-0.25, -0.2) is 0 Å². The van der Waals surface area contributed by atoms with Gasteiger partial charge in [-0.3, -0.25) is 0 Å². The monoisotopic (exact) mass is 262 g/mol. The van der Waals surface area contributed by atoms with Gasteiger partial charge in [0.05, 0.1) is 18.4 Å². The number of nitrogens with two attached hydrogens (primary N) is 1. The fourth-order valence-corrected chi connectivity index (χ4v) is 2.16. The van der Waals surface area contributed by atoms with Crippen molar-refractivity contribution in [3.63, 3.8) is 0 Å². The van der Waals surface area contributed by atoms with Crippen molar-refractivity contribution in [2.75, 3.05) is 26.1 Å². The maximum Gasteiger partial charge on any atom is 0.230 e. The predicted molar refractivity (Wildman–Crippen MR) is 68.1 cm³/mol. The highest BCUT2D eigenvalue weighted by molar-refractivity contribution is 5.82. The minimum Gasteiger partial charge on any atom is -0.486 e. The van der Waals surface area contributed by atoms with Crippen LogP contribution in [0, 0.1) is 0 Å². The van der Waals surface area contributed by atoms with Crippen molar-refractivity contribution >= 4 is 5.88 Å². The number of nitrogen functional groups attached to an aromatic ring is 1. The van der Waals surface area contributed by atoms with E-state index in [2.05, 4.69) is 5.16 Å². The van der Waals surface area contributed by atoms with Crippen molar-refractivity contribution in [2.24, 2.45) is 0 Å². The van der Waals surface area contributed by atoms with Crippen LogP contribution in [0.25, 0.3) is 11.1 Å². The Kier molecular flexibility index (Phi) is 3.00. The minimum atomic E-state index is 0.250. The molecule has 1 aromatic carbocycles. The molecule has 2 aromatic rings. The SMILES string of the molecule is COCc1ccc2c(c1-c1cnoc1N)OCCO2. The van der Waals surface area contributed by atoms with Crippen LogP contribution in [0.2, 0.25) is 0 Å². The van der Waals surface area contributed by atoms with Crippen LogP contribution in [0.15, 0.2) is 22.9 Å². The van der Waals surface area contributed by atoms with Crippen molar-refractivity contribution in [3.8, 4) is 22.6 Å². The molecule has 6 heteroatoms. The normalized spacial score (nSPS) is 13.5. The maximum absolute atomic E-state index is 5.80. The lowest BCUT2D eigenvalue weighted by Crippen LogP contribution is -2.16. The third-order valence-corrected chi connectivity index (χ3v) is 2.96. The van der Waals surface area contributed by atoms with Crippen molar-refractivity contribution < 1.29 is 18.7 Å². The standard InChI is InChI=1S/C13H14N2O4/c1-16-7-8-2-3-10-12(18-5-4-17-10)11(8)9-6-15-19-13(9)14/h2-3,6H,4-5,7,14H2,1H3. The summed E-state index contributed by atoms with van der Waals surface area (Å²) in [6.45, 7) is 1.48. The molecular formula is C13H14N2O4. The van der Waals surface area contributed by atoms with Crippen molar-refractivity contribution in [2.45, 2.75) is 6.61 Å². The molecule has 2 heterocycles. The van der Waals surface area contributed by atoms with Gasteiger partial charge in [0.15, 0.2) is 11.5 Å². The first-order chi connectivity index (χ1) is 9.31. The number of fused-ring (bicyclic) bond motifs is 1. The average molecular weight is 262 g/mol. The summed E-state index contributed by atoms with van der Waals surface area (Å²) in [5.41, 5.74) is 8.26. The molecule has 6 nitrogen and oxygen atoms in total. The largest absolute Gasteiger partial charge is 0.486 e. The Morgan fingerprint density at radius 3 is 2.89 bits per heavy atom. The van der Waals surface area contributed by atoms with Crippen LogP contribution in [0.1, 0.15) is 5.56 Å². The molecular weight excluding hydrogens is 248 g/mol. The lowest BCUT2D eigenvalue weighted by Gasteiger charge is -2.22. The number of aromatic nitrogens is 1. The summed E-state index contributed by atoms with van der Waals surface area (Å²) >= 11 is 0. The number of methoxy groups -OCH3 is 1. The van der Waals surface area contributed by atoms with Gasteiger partial charge in [0.1, 0.15) is 13.2 Å². The molecule has 0 spiro atoms. The molecule has 3 rings (SSSR count). The van der Waals surface area contributed by atoms with Crippen LogP contribution in [0.3, 0.4) is 0 Å². The second-order valence-corrected chi connectivity index (χ2v) is 4.16. The Labute approximate surface area is 110 Å². The summed E-state index contributed by atoms with van der Waals surface area (Å²) in [6.07, 6.45) is 1.57. The molecule has 19 heavy (non-hydrogen) atoms. The van der Waals surface area contributed by atoms with Gasteiger partial charge in [0, 0.05) is 12.7 Å². The Bertz CT molecular complexity index is 594. The number of ether oxygens (including phenoxy) is 3. The van der Waals surface area contributed by atoms with Crippen LogP contribution in [-0.2, 0) is 11.3 Å². The second kappa shape index (κ2) is 4.81. The first-order valence-corrected chi connectivity index (χ1v) is 5.92. The van der Waals surface area contributed by atoms with Gasteiger partial charge in [-0.15, -0.1) is 0 Å². The van der Waals surface area contributed by atoms with Crippen LogP contribution in [0.5, 0.6) is 11.5 Å². The highest BCUT2D eigenvalue weighted by Crippen LogP contribution is 2.44. The quantitative estimate of drug-likeness (QED) is 0.909. The fourth-order valence-electron chi connectivity index (χ4n) is 2.16. The summed E-state index contributed by atoms with van der Waals surface area (Å²) in [5, 5.41) is 3.71. The van der Waals surface area contributed by atoms with Gasteiger partial charge in [0.25, 0.3) is 0 Å². The highest BCUT2D eigenvalue weighted by atomic mass is 16.6. The molecule has 0 bridgehead atoms. The van der Waals surface area contributed by atoms with Gasteiger partial charge in [-0.1, -0.05) is 11.2 Å². The van der Waals surface area contributed by atoms with E-state index in [1.54, 1.807) is 13.3 Å². The topological polar surface area (TPSA) is 79.7 Å². The molecule has 0 unspecified atom stereocenters. The number of hydrogen-bond donors (Lipinski definition) is 1. The lowest BCUT2D eigenvalue weighted by atomic mass is 10.00. The Morgan fingerprint density at radius 2 is 2.16 bits per heavy atom. The number of hydrogen-bond acceptors (Lipinski definition) is 6. The summed E-state index contributed by atoms with van der Waals surface area (Å²) in [7, 11) is 1.64. The van der Waals surface area contributed by atoms with Gasteiger partial charge >= 0.3 is 0 Å². The Morgan fingerprint density at radius 1 is 1.32 bits per heavy atom. The first-order valence-electron chi connectivity index (χ1n) is 5.92. The summed E-state index contributed by atoms with van der Waals surface area (Å²) < 4.78 is 21.4. The molecule has 0 atom stereocenters. The van der Waals surface area contributed by atoms with Crippen molar-refractivity contribution in [3.05, 3.63) is 23.9 Å². The number of benzene rings is 1. The highest BCUT2D eigenvalue weighted by Gasteiger charge is 2.23. The molecule has 0 amide bonds. The van der Waals surface area contributed by atoms with E-state index in [4.69, 9.17) is 24.5 Å². The van der Waals surface area contributed by atoms with Gasteiger partial charge < -0.3 is 24.5 Å². The Hall–Kier alpha value is -2.21. The van der Waals surface area contributed by atoms with E-state index in [0.29, 0.717) is 36.9 Å². The fraction of sp³-hybridized carbons (Fsp3) is 0.308. The van der Waals surface area contributed by atoms with Crippen molar-refractivity contribution in [1.82, 2.24) is 5.16 Å². The van der Waals surface area contributed by atoms with Crippen LogP contribution in [-0.4, -0.2) is 25.5 Å². The smallest absolute Gasteiger partial charge is 0.230 e. The molecule has 1 aliphatic heterocycles. The van der Waals surface area contributed by atoms with Crippen molar-refractivity contribution in [1.29, 1.82) is 0 Å². The van der Waals surface area contributed by atoms with E-state index in [0.717, 1.165) is 11.1 Å². The molecule has 0 saturated carbocycles. The minimum absolute atomic E-state index is 0.250. The molecule has 100 valence electrons. The molecule has 1 aliphatic rings. The summed E-state index contributed by atoms with van der Waals surface area (Å²) in [4.78, 5) is 0. The molecule has 2 N–H and O–H groups in total. The van der Waals surface area contributed by atoms with Crippen LogP contribution < -0.4 is 15.2 Å². The van der Waals surface area contributed by atoms with E-state index in [-0.39, 0.29) is 5.88 Å². The van der Waals surface area contributed by atoms with E-state index in [1.807, 2.05) is 12.1 Å². The summed E-state index contributed by atoms with van der Waals surface area (Å²) in [6, 6.07) is 3.80. The zero-order valence-electron chi connectivity index (χ0n) is 10.5. The van der Waals surface area contributed by atoms with E-state index >= 15 is 0 Å².